The van der Waals surface area contributed by atoms with Crippen LogP contribution in [0.1, 0.15) is 30.9 Å². The van der Waals surface area contributed by atoms with Gasteiger partial charge in [-0.2, -0.15) is 0 Å². The molecule has 3 aromatic rings. The van der Waals surface area contributed by atoms with E-state index >= 15 is 0 Å². The SMILES string of the molecule is Cc1ccc(C(C)C)c(OCC(=O)N=Nc2c(O)[nH]c3c(Br)cc(Cl)cc23)c1. The lowest BCUT2D eigenvalue weighted by Crippen LogP contribution is -2.09. The molecule has 0 aliphatic rings. The Balaban J connectivity index is 1.78. The molecule has 0 atom stereocenters. The Morgan fingerprint density at radius 2 is 2.07 bits per heavy atom. The number of ether oxygens (including phenoxy) is 1. The third kappa shape index (κ3) is 4.36. The molecule has 8 heteroatoms. The van der Waals surface area contributed by atoms with Gasteiger partial charge in [-0.25, -0.2) is 0 Å². The van der Waals surface area contributed by atoms with E-state index in [0.29, 0.717) is 26.1 Å². The van der Waals surface area contributed by atoms with E-state index in [0.717, 1.165) is 11.1 Å². The Morgan fingerprint density at radius 1 is 1.32 bits per heavy atom. The summed E-state index contributed by atoms with van der Waals surface area (Å²) < 4.78 is 6.33. The zero-order valence-corrected chi connectivity index (χ0v) is 17.9. The second kappa shape index (κ2) is 8.32. The lowest BCUT2D eigenvalue weighted by molar-refractivity contribution is -0.120. The first-order valence-corrected chi connectivity index (χ1v) is 9.81. The Kier molecular flexibility index (Phi) is 6.05. The molecule has 0 unspecified atom stereocenters. The first kappa shape index (κ1) is 20.4. The van der Waals surface area contributed by atoms with Crippen molar-refractivity contribution in [2.24, 2.45) is 10.2 Å². The third-order valence-corrected chi connectivity index (χ3v) is 5.03. The molecule has 28 heavy (non-hydrogen) atoms. The minimum absolute atomic E-state index is 0.143. The summed E-state index contributed by atoms with van der Waals surface area (Å²) in [6.45, 7) is 5.83. The number of carbonyl (C=O) groups excluding carboxylic acids is 1. The van der Waals surface area contributed by atoms with Crippen LogP contribution >= 0.6 is 27.5 Å². The number of aryl methyl sites for hydroxylation is 1. The standard InChI is InChI=1S/C20H19BrClN3O3/c1-10(2)13-5-4-11(3)6-16(13)28-9-17(26)24-25-19-14-7-12(22)8-15(21)18(14)23-20(19)27/h4-8,10,23,27H,9H2,1-3H3. The van der Waals surface area contributed by atoms with Crippen LogP contribution in [-0.4, -0.2) is 22.6 Å². The number of azo groups is 1. The van der Waals surface area contributed by atoms with E-state index < -0.39 is 5.91 Å². The van der Waals surface area contributed by atoms with Crippen molar-refractivity contribution < 1.29 is 14.6 Å². The van der Waals surface area contributed by atoms with E-state index in [4.69, 9.17) is 16.3 Å². The Morgan fingerprint density at radius 3 is 2.79 bits per heavy atom. The minimum atomic E-state index is -0.564. The third-order valence-electron chi connectivity index (χ3n) is 4.18. The molecule has 0 bridgehead atoms. The summed E-state index contributed by atoms with van der Waals surface area (Å²) >= 11 is 9.42. The summed E-state index contributed by atoms with van der Waals surface area (Å²) in [6.07, 6.45) is 0. The van der Waals surface area contributed by atoms with Crippen molar-refractivity contribution in [1.29, 1.82) is 0 Å². The number of aromatic hydroxyl groups is 1. The molecule has 6 nitrogen and oxygen atoms in total. The van der Waals surface area contributed by atoms with Crippen LogP contribution in [0.5, 0.6) is 11.6 Å². The number of nitrogens with one attached hydrogen (secondary N) is 1. The molecule has 1 amide bonds. The predicted molar refractivity (Wildman–Crippen MR) is 113 cm³/mol. The van der Waals surface area contributed by atoms with Gasteiger partial charge in [-0.05, 0) is 58.1 Å². The number of amides is 1. The van der Waals surface area contributed by atoms with Gasteiger partial charge in [0.1, 0.15) is 5.75 Å². The van der Waals surface area contributed by atoms with Gasteiger partial charge in [0.2, 0.25) is 5.88 Å². The molecule has 0 spiro atoms. The van der Waals surface area contributed by atoms with E-state index in [-0.39, 0.29) is 24.1 Å². The van der Waals surface area contributed by atoms with Gasteiger partial charge >= 0.3 is 5.91 Å². The van der Waals surface area contributed by atoms with E-state index in [1.807, 2.05) is 25.1 Å². The molecule has 1 heterocycles. The van der Waals surface area contributed by atoms with Crippen molar-refractivity contribution in [2.45, 2.75) is 26.7 Å². The van der Waals surface area contributed by atoms with Crippen LogP contribution in [0.15, 0.2) is 45.0 Å². The summed E-state index contributed by atoms with van der Waals surface area (Å²) in [6, 6.07) is 9.22. The second-order valence-electron chi connectivity index (χ2n) is 6.71. The summed E-state index contributed by atoms with van der Waals surface area (Å²) in [5.41, 5.74) is 2.81. The first-order valence-electron chi connectivity index (χ1n) is 8.64. The Hall–Kier alpha value is -2.38. The normalized spacial score (nSPS) is 11.6. The van der Waals surface area contributed by atoms with Gasteiger partial charge in [-0.15, -0.1) is 10.2 Å². The molecule has 0 saturated heterocycles. The zero-order chi connectivity index (χ0) is 20.4. The molecule has 0 radical (unpaired) electrons. The highest BCUT2D eigenvalue weighted by atomic mass is 79.9. The van der Waals surface area contributed by atoms with Gasteiger partial charge in [-0.1, -0.05) is 37.6 Å². The fraction of sp³-hybridized carbons (Fsp3) is 0.250. The largest absolute Gasteiger partial charge is 0.493 e. The van der Waals surface area contributed by atoms with Crippen LogP contribution in [0.4, 0.5) is 5.69 Å². The molecule has 1 aromatic heterocycles. The topological polar surface area (TPSA) is 87.0 Å². The van der Waals surface area contributed by atoms with E-state index in [9.17, 15) is 9.90 Å². The number of fused-ring (bicyclic) bond motifs is 1. The Labute approximate surface area is 175 Å². The van der Waals surface area contributed by atoms with Crippen molar-refractivity contribution in [3.8, 4) is 11.6 Å². The molecule has 2 N–H and O–H groups in total. The number of hydrogen-bond donors (Lipinski definition) is 2. The van der Waals surface area contributed by atoms with Crippen molar-refractivity contribution >= 4 is 50.0 Å². The lowest BCUT2D eigenvalue weighted by atomic mass is 10.0. The number of aromatic nitrogens is 1. The van der Waals surface area contributed by atoms with Gasteiger partial charge in [0.05, 0.1) is 5.52 Å². The second-order valence-corrected chi connectivity index (χ2v) is 8.00. The maximum absolute atomic E-state index is 12.1. The average molecular weight is 465 g/mol. The molecule has 0 aliphatic heterocycles. The van der Waals surface area contributed by atoms with E-state index in [1.54, 1.807) is 12.1 Å². The van der Waals surface area contributed by atoms with Crippen LogP contribution in [0, 0.1) is 6.92 Å². The molecule has 0 saturated carbocycles. The molecular weight excluding hydrogens is 446 g/mol. The molecule has 0 aliphatic carbocycles. The lowest BCUT2D eigenvalue weighted by Gasteiger charge is -2.13. The van der Waals surface area contributed by atoms with Crippen LogP contribution in [-0.2, 0) is 4.79 Å². The maximum Gasteiger partial charge on any atom is 0.302 e. The molecule has 146 valence electrons. The first-order chi connectivity index (χ1) is 13.3. The van der Waals surface area contributed by atoms with Crippen molar-refractivity contribution in [3.05, 3.63) is 51.0 Å². The van der Waals surface area contributed by atoms with Crippen LogP contribution < -0.4 is 4.74 Å². The summed E-state index contributed by atoms with van der Waals surface area (Å²) in [5, 5.41) is 18.7. The van der Waals surface area contributed by atoms with Crippen LogP contribution in [0.25, 0.3) is 10.9 Å². The summed E-state index contributed by atoms with van der Waals surface area (Å²) in [7, 11) is 0. The van der Waals surface area contributed by atoms with E-state index in [1.165, 1.54) is 0 Å². The zero-order valence-electron chi connectivity index (χ0n) is 15.6. The van der Waals surface area contributed by atoms with Gasteiger partial charge in [0.25, 0.3) is 0 Å². The van der Waals surface area contributed by atoms with Gasteiger partial charge in [-0.3, -0.25) is 4.79 Å². The summed E-state index contributed by atoms with van der Waals surface area (Å²) in [5.74, 6) is 0.158. The number of hydrogen-bond acceptors (Lipinski definition) is 4. The number of H-pyrrole nitrogens is 1. The molecule has 3 rings (SSSR count). The van der Waals surface area contributed by atoms with Crippen LogP contribution in [0.2, 0.25) is 5.02 Å². The highest BCUT2D eigenvalue weighted by molar-refractivity contribution is 9.10. The molecular formula is C20H19BrClN3O3. The van der Waals surface area contributed by atoms with Gasteiger partial charge in [0.15, 0.2) is 12.3 Å². The number of benzene rings is 2. The Bertz CT molecular complexity index is 1080. The highest BCUT2D eigenvalue weighted by Gasteiger charge is 2.15. The number of rotatable bonds is 5. The number of nitrogens with zero attached hydrogens (tertiary/aromatic N) is 2. The molecule has 2 aromatic carbocycles. The van der Waals surface area contributed by atoms with Crippen molar-refractivity contribution in [2.75, 3.05) is 6.61 Å². The molecule has 0 fully saturated rings. The quantitative estimate of drug-likeness (QED) is 0.428. The predicted octanol–water partition coefficient (Wildman–Crippen LogP) is 6.41. The van der Waals surface area contributed by atoms with Crippen molar-refractivity contribution in [1.82, 2.24) is 4.98 Å². The monoisotopic (exact) mass is 463 g/mol. The number of carbonyl (C=O) groups is 1. The van der Waals surface area contributed by atoms with Crippen LogP contribution in [0.3, 0.4) is 0 Å². The maximum atomic E-state index is 12.1. The summed E-state index contributed by atoms with van der Waals surface area (Å²) in [4.78, 5) is 14.9. The smallest absolute Gasteiger partial charge is 0.302 e. The van der Waals surface area contributed by atoms with E-state index in [2.05, 4.69) is 45.0 Å². The average Bonchev–Trinajstić information content (AvgIpc) is 2.93. The minimum Gasteiger partial charge on any atom is -0.493 e. The fourth-order valence-electron chi connectivity index (χ4n) is 2.81. The van der Waals surface area contributed by atoms with Gasteiger partial charge in [0, 0.05) is 14.9 Å². The number of halogens is 2. The highest BCUT2D eigenvalue weighted by Crippen LogP contribution is 2.40. The number of aromatic amines is 1. The fourth-order valence-corrected chi connectivity index (χ4v) is 3.72. The van der Waals surface area contributed by atoms with Crippen molar-refractivity contribution in [3.63, 3.8) is 0 Å². The van der Waals surface area contributed by atoms with Gasteiger partial charge < -0.3 is 14.8 Å².